The summed E-state index contributed by atoms with van der Waals surface area (Å²) in [5.74, 6) is -4.44. The van der Waals surface area contributed by atoms with Gasteiger partial charge in [0, 0.05) is 63.1 Å². The molecule has 3 aromatic carbocycles. The Morgan fingerprint density at radius 3 is 2.63 bits per heavy atom. The molecule has 212 valence electrons. The number of carbonyl (C=O) groups is 3. The Kier molecular flexibility index (Phi) is 3.87. The van der Waals surface area contributed by atoms with Crippen LogP contribution in [0.4, 0.5) is 11.4 Å². The fraction of sp³-hybridized carbons (Fsp3) is 0.303. The van der Waals surface area contributed by atoms with E-state index in [0.29, 0.717) is 4.90 Å². The van der Waals surface area contributed by atoms with Crippen LogP contribution in [0.15, 0.2) is 72.6 Å². The second-order valence-corrected chi connectivity index (χ2v) is 8.74. The summed E-state index contributed by atoms with van der Waals surface area (Å²) < 4.78 is 168. The molecule has 0 aromatic heterocycles. The molecule has 1 atom stereocenters. The van der Waals surface area contributed by atoms with E-state index in [0.717, 1.165) is 21.1 Å². The highest BCUT2D eigenvalue weighted by Gasteiger charge is 2.29. The Morgan fingerprint density at radius 2 is 1.93 bits per heavy atom. The first-order valence-electron chi connectivity index (χ1n) is 21.6. The van der Waals surface area contributed by atoms with Gasteiger partial charge in [-0.3, -0.25) is 14.5 Å². The maximum absolute atomic E-state index is 14.3. The van der Waals surface area contributed by atoms with Crippen LogP contribution in [0.2, 0.25) is 0 Å². The molecule has 8 heteroatoms. The largest absolute Gasteiger partial charge is 0.465 e. The average molecular weight is 572 g/mol. The molecule has 0 spiro atoms. The minimum Gasteiger partial charge on any atom is -0.465 e. The highest BCUT2D eigenvalue weighted by atomic mass is 16.5. The van der Waals surface area contributed by atoms with Crippen LogP contribution in [0.1, 0.15) is 60.0 Å². The smallest absolute Gasteiger partial charge is 0.337 e. The second-order valence-electron chi connectivity index (χ2n) is 8.74. The van der Waals surface area contributed by atoms with E-state index in [9.17, 15) is 14.4 Å². The molecule has 2 heterocycles. The highest BCUT2D eigenvalue weighted by molar-refractivity contribution is 6.37. The maximum Gasteiger partial charge on any atom is 0.337 e. The Balaban J connectivity index is 1.75. The Morgan fingerprint density at radius 1 is 1.17 bits per heavy atom. The number of fused-ring (bicyclic) bond motifs is 1. The third-order valence-electron chi connectivity index (χ3n) is 6.10. The first-order chi connectivity index (χ1) is 27.3. The van der Waals surface area contributed by atoms with Crippen molar-refractivity contribution in [1.82, 2.24) is 9.80 Å². The average Bonchev–Trinajstić information content (AvgIpc) is 3.49. The van der Waals surface area contributed by atoms with Crippen molar-refractivity contribution in [3.8, 4) is 0 Å². The zero-order valence-electron chi connectivity index (χ0n) is 41.1. The fourth-order valence-corrected chi connectivity index (χ4v) is 3.93. The molecule has 8 nitrogen and oxygen atoms in total. The van der Waals surface area contributed by atoms with Gasteiger partial charge >= 0.3 is 5.97 Å². The molecule has 0 saturated carbocycles. The van der Waals surface area contributed by atoms with Crippen LogP contribution in [0, 0.1) is 0 Å². The molecular formula is C33H36N4O4. The van der Waals surface area contributed by atoms with Crippen LogP contribution in [0.3, 0.4) is 0 Å². The molecule has 1 saturated heterocycles. The van der Waals surface area contributed by atoms with Gasteiger partial charge in [-0.15, -0.1) is 0 Å². The number of likely N-dealkylation sites (N-methyl/N-ethyl adjacent to an activating group) is 2. The van der Waals surface area contributed by atoms with Crippen LogP contribution in [-0.2, 0) is 20.7 Å². The standard InChI is InChI=1S/C33H36N4O4/c1-22-20-37(17-16-35(22)2)21-30(38)36(3)26-13-10-23(11-14-26)18-28(24-8-6-5-7-9-24)31-27-15-12-25(33(40)41-4)19-29(27)34-32(31)39/h5-15,19,22H,16-18,20-21H2,1-4H3,(H,34,39)/b31-28+/i3D3,10D,11D,12D,13D,14D,15D,16D2,17D2,19D,20D2,21D2,22D. The number of piperazine rings is 1. The van der Waals surface area contributed by atoms with E-state index in [-0.39, 0.29) is 28.0 Å². The van der Waals surface area contributed by atoms with Crippen LogP contribution < -0.4 is 10.2 Å². The van der Waals surface area contributed by atoms with E-state index >= 15 is 0 Å². The summed E-state index contributed by atoms with van der Waals surface area (Å²) >= 11 is 0. The van der Waals surface area contributed by atoms with Crippen molar-refractivity contribution in [2.24, 2.45) is 0 Å². The van der Waals surface area contributed by atoms with Crippen molar-refractivity contribution >= 4 is 40.3 Å². The van der Waals surface area contributed by atoms with Gasteiger partial charge in [-0.2, -0.15) is 0 Å². The number of carbonyl (C=O) groups excluding carboxylic acids is 3. The van der Waals surface area contributed by atoms with Crippen molar-refractivity contribution in [3.05, 3.63) is 94.9 Å². The minimum absolute atomic E-state index is 0.0918. The fourth-order valence-electron chi connectivity index (χ4n) is 3.93. The number of methoxy groups -OCH3 is 1. The van der Waals surface area contributed by atoms with Gasteiger partial charge in [0.15, 0.2) is 0 Å². The lowest BCUT2D eigenvalue weighted by molar-refractivity contribution is -0.120. The summed E-state index contributed by atoms with van der Waals surface area (Å²) in [6.45, 7) is -18.2. The van der Waals surface area contributed by atoms with E-state index < -0.39 is 132 Å². The van der Waals surface area contributed by atoms with Crippen LogP contribution in [0.5, 0.6) is 0 Å². The number of esters is 1. The maximum atomic E-state index is 14.3. The van der Waals surface area contributed by atoms with E-state index in [2.05, 4.69) is 10.1 Å². The van der Waals surface area contributed by atoms with Crippen LogP contribution >= 0.6 is 0 Å². The normalized spacial score (nSPS) is 31.3. The molecule has 0 aliphatic carbocycles. The Bertz CT molecular complexity index is 2310. The quantitative estimate of drug-likeness (QED) is 0.339. The van der Waals surface area contributed by atoms with Gasteiger partial charge in [0.25, 0.3) is 5.91 Å². The van der Waals surface area contributed by atoms with E-state index in [1.807, 2.05) is 0 Å². The number of rotatable bonds is 7. The van der Waals surface area contributed by atoms with Crippen molar-refractivity contribution in [2.75, 3.05) is 57.3 Å². The molecular weight excluding hydrogens is 516 g/mol. The number of ether oxygens (including phenoxy) is 1. The van der Waals surface area contributed by atoms with Gasteiger partial charge in [0.2, 0.25) is 5.91 Å². The zero-order chi connectivity index (χ0) is 45.8. The molecule has 1 fully saturated rings. The predicted molar refractivity (Wildman–Crippen MR) is 162 cm³/mol. The highest BCUT2D eigenvalue weighted by Crippen LogP contribution is 2.39. The number of nitrogens with zero attached hydrogens (tertiary/aromatic N) is 3. The number of hydrogen-bond acceptors (Lipinski definition) is 6. The SMILES string of the molecule is [2H]c1c([2H])c(N(C(=O)C([2H])([2H])N2C([2H])([2H])C([2H])([2H])N(C)C([2H])(C)C2([2H])[2H])C([2H])([2H])[2H])c([2H])c([2H])c1C/C(=C1\C(=O)Nc2c([2H])c(C(=O)OC)c([2H])c([2H])c21)c1ccccc1. The van der Waals surface area contributed by atoms with Crippen molar-refractivity contribution < 1.29 is 45.2 Å². The summed E-state index contributed by atoms with van der Waals surface area (Å²) in [6.07, 6.45) is -0.706. The lowest BCUT2D eigenvalue weighted by Gasteiger charge is -2.37. The molecule has 0 radical (unpaired) electrons. The monoisotopic (exact) mass is 571 g/mol. The molecule has 1 unspecified atom stereocenters. The molecule has 2 amide bonds. The lowest BCUT2D eigenvalue weighted by atomic mass is 9.90. The van der Waals surface area contributed by atoms with Gasteiger partial charge in [-0.25, -0.2) is 4.79 Å². The molecule has 2 aliphatic rings. The van der Waals surface area contributed by atoms with Gasteiger partial charge in [-0.1, -0.05) is 48.5 Å². The Labute approximate surface area is 267 Å². The summed E-state index contributed by atoms with van der Waals surface area (Å²) in [5, 5.41) is 2.41. The first-order valence-corrected chi connectivity index (χ1v) is 12.1. The van der Waals surface area contributed by atoms with E-state index in [4.69, 9.17) is 26.0 Å². The molecule has 3 aromatic rings. The summed E-state index contributed by atoms with van der Waals surface area (Å²) in [7, 11) is 1.84. The number of amides is 2. The molecule has 5 rings (SSSR count). The topological polar surface area (TPSA) is 82.2 Å². The summed E-state index contributed by atoms with van der Waals surface area (Å²) in [4.78, 5) is 39.7. The molecule has 0 bridgehead atoms. The van der Waals surface area contributed by atoms with Gasteiger partial charge < -0.3 is 19.9 Å². The van der Waals surface area contributed by atoms with Crippen molar-refractivity contribution in [1.29, 1.82) is 0 Å². The van der Waals surface area contributed by atoms with Crippen molar-refractivity contribution in [2.45, 2.75) is 19.4 Å². The first kappa shape index (κ1) is 13.1. The number of allylic oxidation sites excluding steroid dienone is 1. The van der Waals surface area contributed by atoms with Gasteiger partial charge in [-0.05, 0) is 61.3 Å². The zero-order valence-corrected chi connectivity index (χ0v) is 22.1. The Hall–Kier alpha value is -4.27. The lowest BCUT2D eigenvalue weighted by Crippen LogP contribution is -2.52. The number of benzene rings is 3. The number of anilines is 2. The number of hydrogen-bond donors (Lipinski definition) is 1. The molecule has 41 heavy (non-hydrogen) atoms. The van der Waals surface area contributed by atoms with Gasteiger partial charge in [0.05, 0.1) is 37.1 Å². The van der Waals surface area contributed by atoms with E-state index in [1.165, 1.54) is 24.3 Å². The summed E-state index contributed by atoms with van der Waals surface area (Å²) in [6, 6.07) is -1.94. The van der Waals surface area contributed by atoms with Crippen molar-refractivity contribution in [3.63, 3.8) is 0 Å². The minimum atomic E-state index is -4.22. The predicted octanol–water partition coefficient (Wildman–Crippen LogP) is 4.18. The second kappa shape index (κ2) is 12.1. The van der Waals surface area contributed by atoms with E-state index in [1.54, 1.807) is 6.07 Å². The van der Waals surface area contributed by atoms with Crippen LogP contribution in [0.25, 0.3) is 11.1 Å². The molecule has 2 aliphatic heterocycles. The van der Waals surface area contributed by atoms with Gasteiger partial charge in [0.1, 0.15) is 0 Å². The number of nitrogens with one attached hydrogen (secondary N) is 1. The third kappa shape index (κ3) is 6.09. The van der Waals surface area contributed by atoms with Crippen LogP contribution in [-0.4, -0.2) is 80.7 Å². The summed E-state index contributed by atoms with van der Waals surface area (Å²) in [5.41, 5.74) is -3.42. The third-order valence-corrected chi connectivity index (χ3v) is 6.10. The molecule has 1 N–H and O–H groups in total.